The molecule has 0 bridgehead atoms. The first-order valence-electron chi connectivity index (χ1n) is 4.99. The minimum absolute atomic E-state index is 0.342. The molecule has 2 nitrogen and oxygen atoms in total. The van der Waals surface area contributed by atoms with Gasteiger partial charge in [-0.2, -0.15) is 0 Å². The average molecular weight is 320 g/mol. The molecule has 0 amide bonds. The quantitative estimate of drug-likeness (QED) is 0.264. The van der Waals surface area contributed by atoms with Crippen LogP contribution in [0.5, 0.6) is 0 Å². The van der Waals surface area contributed by atoms with Crippen LogP contribution in [0.3, 0.4) is 0 Å². The zero-order valence-electron chi connectivity index (χ0n) is 8.42. The molecule has 0 radical (unpaired) electrons. The molecule has 0 aliphatic heterocycles. The summed E-state index contributed by atoms with van der Waals surface area (Å²) in [6.07, 6.45) is 0. The Morgan fingerprint density at radius 2 is 1.31 bits per heavy atom. The van der Waals surface area contributed by atoms with Crippen molar-refractivity contribution in [2.24, 2.45) is 0 Å². The Morgan fingerprint density at radius 1 is 0.812 bits per heavy atom. The van der Waals surface area contributed by atoms with Gasteiger partial charge in [0.05, 0.1) is 0 Å². The maximum atomic E-state index is 9.19. The van der Waals surface area contributed by atoms with Crippen molar-refractivity contribution in [2.45, 2.75) is 0 Å². The predicted octanol–water partition coefficient (Wildman–Crippen LogP) is 2.18. The molecule has 16 heavy (non-hydrogen) atoms. The van der Waals surface area contributed by atoms with Crippen molar-refractivity contribution < 1.29 is 4.79 Å². The summed E-state index contributed by atoms with van der Waals surface area (Å²) in [4.78, 5) is 3.47. The molecule has 0 fully saturated rings. The first kappa shape index (κ1) is 9.81. The fraction of sp³-hybridized carbons (Fsp3) is 0. The molecule has 2 aromatic carbocycles. The number of hydrogen-bond donors (Lipinski definition) is 0. The second kappa shape index (κ2) is 3.88. The fourth-order valence-corrected chi connectivity index (χ4v) is 4.95. The number of fused-ring (bicyclic) bond motifs is 2. The molecule has 0 atom stereocenters. The maximum absolute atomic E-state index is 9.19. The summed E-state index contributed by atoms with van der Waals surface area (Å²) in [6, 6.07) is 16.4. The Bertz CT molecular complexity index is 710. The molecule has 0 saturated carbocycles. The van der Waals surface area contributed by atoms with Crippen molar-refractivity contribution in [2.75, 3.05) is 0 Å². The summed E-state index contributed by atoms with van der Waals surface area (Å²) in [5.41, 5.74) is 9.19. The Hall–Kier alpha value is -1.39. The van der Waals surface area contributed by atoms with Crippen LogP contribution in [0.1, 0.15) is 0 Å². The summed E-state index contributed by atoms with van der Waals surface area (Å²) in [6.45, 7) is 0. The zero-order valence-corrected chi connectivity index (χ0v) is 10.8. The van der Waals surface area contributed by atoms with Gasteiger partial charge in [-0.25, -0.2) is 0 Å². The van der Waals surface area contributed by atoms with Crippen molar-refractivity contribution in [1.29, 1.82) is 0 Å². The summed E-state index contributed by atoms with van der Waals surface area (Å²) in [5, 5.41) is 2.89. The van der Waals surface area contributed by atoms with Crippen molar-refractivity contribution in [1.82, 2.24) is 0 Å². The van der Waals surface area contributed by atoms with Gasteiger partial charge in [-0.3, -0.25) is 0 Å². The van der Waals surface area contributed by atoms with Gasteiger partial charge in [0.2, 0.25) is 0 Å². The van der Waals surface area contributed by atoms with Crippen LogP contribution in [0, 0.1) is 0 Å². The SMILES string of the molecule is [N-]=[N+]=c1c2ccccc2[te]c2ccccc12. The van der Waals surface area contributed by atoms with Gasteiger partial charge in [-0.05, 0) is 0 Å². The molecule has 0 unspecified atom stereocenters. The Kier molecular flexibility index (Phi) is 2.38. The van der Waals surface area contributed by atoms with Crippen LogP contribution in [0.2, 0.25) is 0 Å². The van der Waals surface area contributed by atoms with Gasteiger partial charge in [-0.1, -0.05) is 0 Å². The van der Waals surface area contributed by atoms with Crippen LogP contribution < -0.4 is 5.36 Å². The molecule has 3 aromatic rings. The number of nitrogens with zero attached hydrogens (tertiary/aromatic N) is 2. The molecular formula is C13H8N2Te. The minimum atomic E-state index is -0.342. The topological polar surface area (TPSA) is 36.4 Å². The standard InChI is InChI=1S/C13H8N2Te/c14-15-13-9-5-1-3-7-11(9)16-12-8-4-2-6-10(12)13/h1-8H. The Morgan fingerprint density at radius 3 is 1.81 bits per heavy atom. The van der Waals surface area contributed by atoms with Gasteiger partial charge in [0.1, 0.15) is 0 Å². The van der Waals surface area contributed by atoms with E-state index >= 15 is 0 Å². The molecule has 0 saturated heterocycles. The fourth-order valence-electron chi connectivity index (χ4n) is 1.87. The van der Waals surface area contributed by atoms with E-state index in [1.165, 1.54) is 6.80 Å². The van der Waals surface area contributed by atoms with Crippen molar-refractivity contribution in [3.63, 3.8) is 0 Å². The second-order valence-electron chi connectivity index (χ2n) is 3.54. The van der Waals surface area contributed by atoms with Gasteiger partial charge in [0, 0.05) is 0 Å². The van der Waals surface area contributed by atoms with Crippen LogP contribution in [-0.2, 0) is 0 Å². The van der Waals surface area contributed by atoms with E-state index in [0.717, 1.165) is 10.8 Å². The summed E-state index contributed by atoms with van der Waals surface area (Å²) < 4.78 is 2.69. The summed E-state index contributed by atoms with van der Waals surface area (Å²) in [5.74, 6) is 0. The van der Waals surface area contributed by atoms with E-state index in [-0.39, 0.29) is 20.4 Å². The second-order valence-corrected chi connectivity index (χ2v) is 6.64. The van der Waals surface area contributed by atoms with Crippen molar-refractivity contribution in [3.05, 3.63) is 59.4 Å². The molecule has 0 N–H and O–H groups in total. The van der Waals surface area contributed by atoms with Crippen molar-refractivity contribution in [3.8, 4) is 0 Å². The van der Waals surface area contributed by atoms with Crippen LogP contribution in [0.15, 0.2) is 48.5 Å². The molecule has 0 aliphatic rings. The summed E-state index contributed by atoms with van der Waals surface area (Å²) >= 11 is -0.342. The number of hydrogen-bond acceptors (Lipinski definition) is 0. The Balaban J connectivity index is 2.74. The van der Waals surface area contributed by atoms with Crippen LogP contribution in [0.25, 0.3) is 23.1 Å². The first-order valence-corrected chi connectivity index (χ1v) is 7.32. The average Bonchev–Trinajstić information content (AvgIpc) is 2.36. The van der Waals surface area contributed by atoms with Crippen molar-refractivity contribution >= 4 is 38.0 Å². The zero-order chi connectivity index (χ0) is 11.0. The number of benzene rings is 2. The summed E-state index contributed by atoms with van der Waals surface area (Å²) in [7, 11) is 0. The van der Waals surface area contributed by atoms with E-state index in [1.54, 1.807) is 0 Å². The van der Waals surface area contributed by atoms with Crippen LogP contribution >= 0.6 is 0 Å². The molecule has 76 valence electrons. The van der Waals surface area contributed by atoms with E-state index in [2.05, 4.69) is 16.9 Å². The van der Waals surface area contributed by atoms with E-state index in [4.69, 9.17) is 0 Å². The third-order valence-electron chi connectivity index (χ3n) is 2.60. The molecule has 1 heterocycles. The van der Waals surface area contributed by atoms with Gasteiger partial charge in [0.15, 0.2) is 0 Å². The molecule has 3 heteroatoms. The molecule has 0 aliphatic carbocycles. The van der Waals surface area contributed by atoms with Gasteiger partial charge < -0.3 is 0 Å². The van der Waals surface area contributed by atoms with Crippen LogP contribution in [0.4, 0.5) is 0 Å². The van der Waals surface area contributed by atoms with E-state index in [0.29, 0.717) is 5.36 Å². The van der Waals surface area contributed by atoms with Gasteiger partial charge in [-0.15, -0.1) is 0 Å². The third kappa shape index (κ3) is 1.42. The predicted molar refractivity (Wildman–Crippen MR) is 65.1 cm³/mol. The first-order chi connectivity index (χ1) is 7.90. The van der Waals surface area contributed by atoms with Crippen LogP contribution in [-0.4, -0.2) is 25.2 Å². The van der Waals surface area contributed by atoms with E-state index < -0.39 is 0 Å². The monoisotopic (exact) mass is 322 g/mol. The molecule has 0 spiro atoms. The van der Waals surface area contributed by atoms with E-state index in [9.17, 15) is 5.53 Å². The van der Waals surface area contributed by atoms with Gasteiger partial charge >= 0.3 is 102 Å². The normalized spacial score (nSPS) is 10.5. The third-order valence-corrected chi connectivity index (χ3v) is 5.89. The molecule has 3 rings (SSSR count). The molecular weight excluding hydrogens is 312 g/mol. The van der Waals surface area contributed by atoms with E-state index in [1.807, 2.05) is 36.4 Å². The number of rotatable bonds is 0. The Labute approximate surface area is 102 Å². The van der Waals surface area contributed by atoms with Gasteiger partial charge in [0.25, 0.3) is 0 Å². The molecule has 1 aromatic heterocycles.